The Balaban J connectivity index is 2.74. The number of nitrogens with two attached hydrogens (primary N) is 1. The first-order chi connectivity index (χ1) is 11.0. The van der Waals surface area contributed by atoms with Gasteiger partial charge >= 0.3 is 11.9 Å². The van der Waals surface area contributed by atoms with E-state index in [4.69, 9.17) is 19.9 Å². The van der Waals surface area contributed by atoms with E-state index in [2.05, 4.69) is 9.72 Å². The molecule has 0 aliphatic rings. The molecule has 23 heavy (non-hydrogen) atoms. The lowest BCUT2D eigenvalue weighted by molar-refractivity contribution is -0.108. The summed E-state index contributed by atoms with van der Waals surface area (Å²) in [6.07, 6.45) is -0.863. The van der Waals surface area contributed by atoms with Crippen LogP contribution in [0.25, 0.3) is 10.2 Å². The van der Waals surface area contributed by atoms with Crippen LogP contribution in [0.1, 0.15) is 32.0 Å². The Morgan fingerprint density at radius 2 is 1.74 bits per heavy atom. The monoisotopic (exact) mass is 340 g/mol. The van der Waals surface area contributed by atoms with Gasteiger partial charge in [-0.25, -0.2) is 14.6 Å². The Morgan fingerprint density at radius 3 is 2.26 bits per heavy atom. The quantitative estimate of drug-likeness (QED) is 0.647. The summed E-state index contributed by atoms with van der Waals surface area (Å²) in [5, 5.41) is 0.463. The third-order valence-corrected chi connectivity index (χ3v) is 4.27. The Hall–Kier alpha value is -2.23. The van der Waals surface area contributed by atoms with Crippen LogP contribution in [0, 0.1) is 0 Å². The van der Waals surface area contributed by atoms with Crippen molar-refractivity contribution in [3.63, 3.8) is 0 Å². The van der Waals surface area contributed by atoms with Gasteiger partial charge in [-0.05, 0) is 6.07 Å². The molecule has 2 heterocycles. The number of hydrogen-bond donors (Lipinski definition) is 1. The average molecular weight is 340 g/mol. The van der Waals surface area contributed by atoms with Crippen LogP contribution in [0.3, 0.4) is 0 Å². The number of thiophene rings is 1. The van der Waals surface area contributed by atoms with Gasteiger partial charge in [-0.2, -0.15) is 0 Å². The molecule has 0 aliphatic heterocycles. The SMILES string of the molecule is COC(=O)c1cc2c(N)c(C(=O)OC)sc2nc1C(OC)OC. The summed E-state index contributed by atoms with van der Waals surface area (Å²) in [5.41, 5.74) is 6.56. The maximum Gasteiger partial charge on any atom is 0.350 e. The molecule has 0 aliphatic carbocycles. The predicted molar refractivity (Wildman–Crippen MR) is 83.5 cm³/mol. The molecule has 0 bridgehead atoms. The lowest BCUT2D eigenvalue weighted by Crippen LogP contribution is -2.14. The van der Waals surface area contributed by atoms with Crippen molar-refractivity contribution in [3.8, 4) is 0 Å². The minimum absolute atomic E-state index is 0.148. The van der Waals surface area contributed by atoms with Crippen molar-refractivity contribution < 1.29 is 28.5 Å². The molecule has 0 saturated carbocycles. The molecule has 0 saturated heterocycles. The number of nitrogens with zero attached hydrogens (tertiary/aromatic N) is 1. The molecule has 0 aromatic carbocycles. The van der Waals surface area contributed by atoms with Gasteiger partial charge < -0.3 is 24.7 Å². The summed E-state index contributed by atoms with van der Waals surface area (Å²) in [6.45, 7) is 0. The third-order valence-electron chi connectivity index (χ3n) is 3.18. The van der Waals surface area contributed by atoms with Crippen LogP contribution in [-0.4, -0.2) is 45.4 Å². The standard InChI is InChI=1S/C14H16N2O6S/c1-19-12(17)7-5-6-8(15)10(13(18)20-2)23-11(6)16-9(7)14(21-3)22-4/h5,14H,15H2,1-4H3. The average Bonchev–Trinajstić information content (AvgIpc) is 2.90. The van der Waals surface area contributed by atoms with Crippen LogP contribution in [0.5, 0.6) is 0 Å². The number of fused-ring (bicyclic) bond motifs is 1. The zero-order valence-corrected chi connectivity index (χ0v) is 13.9. The van der Waals surface area contributed by atoms with Crippen molar-refractivity contribution in [1.29, 1.82) is 0 Å². The number of methoxy groups -OCH3 is 4. The molecule has 0 fully saturated rings. The van der Waals surface area contributed by atoms with Crippen molar-refractivity contribution in [2.45, 2.75) is 6.29 Å². The normalized spacial score (nSPS) is 11.0. The summed E-state index contributed by atoms with van der Waals surface area (Å²) in [7, 11) is 5.35. The highest BCUT2D eigenvalue weighted by Gasteiger charge is 2.26. The van der Waals surface area contributed by atoms with Gasteiger partial charge in [0.05, 0.1) is 25.5 Å². The number of ether oxygens (including phenoxy) is 4. The van der Waals surface area contributed by atoms with E-state index in [-0.39, 0.29) is 21.8 Å². The molecule has 2 aromatic rings. The lowest BCUT2D eigenvalue weighted by Gasteiger charge is -2.15. The number of nitrogen functional groups attached to an aromatic ring is 1. The van der Waals surface area contributed by atoms with E-state index >= 15 is 0 Å². The van der Waals surface area contributed by atoms with Gasteiger partial charge in [0.2, 0.25) is 6.29 Å². The topological polar surface area (TPSA) is 110 Å². The van der Waals surface area contributed by atoms with Crippen LogP contribution >= 0.6 is 11.3 Å². The summed E-state index contributed by atoms with van der Waals surface area (Å²) >= 11 is 1.06. The second-order valence-electron chi connectivity index (χ2n) is 4.41. The number of rotatable bonds is 5. The van der Waals surface area contributed by atoms with Gasteiger partial charge in [-0.1, -0.05) is 0 Å². The highest BCUT2D eigenvalue weighted by atomic mass is 32.1. The summed E-state index contributed by atoms with van der Waals surface area (Å²) in [5.74, 6) is -1.18. The molecule has 0 amide bonds. The van der Waals surface area contributed by atoms with Gasteiger partial charge in [-0.3, -0.25) is 0 Å². The van der Waals surface area contributed by atoms with Crippen LogP contribution in [-0.2, 0) is 18.9 Å². The van der Waals surface area contributed by atoms with Crippen LogP contribution in [0.4, 0.5) is 5.69 Å². The first-order valence-corrected chi connectivity index (χ1v) is 7.25. The van der Waals surface area contributed by atoms with E-state index in [1.165, 1.54) is 34.5 Å². The minimum atomic E-state index is -0.863. The molecule has 2 N–H and O–H groups in total. The van der Waals surface area contributed by atoms with Crippen LogP contribution < -0.4 is 5.73 Å². The number of pyridine rings is 1. The minimum Gasteiger partial charge on any atom is -0.465 e. The fourth-order valence-corrected chi connectivity index (χ4v) is 3.07. The van der Waals surface area contributed by atoms with E-state index < -0.39 is 18.2 Å². The summed E-state index contributed by atoms with van der Waals surface area (Å²) in [6, 6.07) is 1.51. The number of anilines is 1. The van der Waals surface area contributed by atoms with E-state index in [1.54, 1.807) is 0 Å². The molecule has 0 radical (unpaired) electrons. The smallest absolute Gasteiger partial charge is 0.350 e. The fourth-order valence-electron chi connectivity index (χ4n) is 2.07. The van der Waals surface area contributed by atoms with Crippen molar-refractivity contribution in [3.05, 3.63) is 22.2 Å². The van der Waals surface area contributed by atoms with E-state index in [0.29, 0.717) is 10.2 Å². The molecular formula is C14H16N2O6S. The lowest BCUT2D eigenvalue weighted by atomic mass is 10.1. The maximum absolute atomic E-state index is 12.0. The van der Waals surface area contributed by atoms with Crippen LogP contribution in [0.15, 0.2) is 6.07 Å². The molecule has 9 heteroatoms. The number of carbonyl (C=O) groups is 2. The molecule has 0 spiro atoms. The van der Waals surface area contributed by atoms with Crippen LogP contribution in [0.2, 0.25) is 0 Å². The highest BCUT2D eigenvalue weighted by Crippen LogP contribution is 2.36. The number of hydrogen-bond acceptors (Lipinski definition) is 9. The first-order valence-electron chi connectivity index (χ1n) is 6.43. The number of esters is 2. The van der Waals surface area contributed by atoms with Gasteiger partial charge in [0, 0.05) is 19.6 Å². The van der Waals surface area contributed by atoms with Gasteiger partial charge in [0.15, 0.2) is 0 Å². The number of aromatic nitrogens is 1. The van der Waals surface area contributed by atoms with Gasteiger partial charge in [-0.15, -0.1) is 11.3 Å². The molecule has 2 rings (SSSR count). The molecule has 124 valence electrons. The molecule has 0 unspecified atom stereocenters. The van der Waals surface area contributed by atoms with E-state index in [1.807, 2.05) is 0 Å². The third kappa shape index (κ3) is 2.98. The second-order valence-corrected chi connectivity index (χ2v) is 5.40. The van der Waals surface area contributed by atoms with E-state index in [9.17, 15) is 9.59 Å². The Labute approximate surface area is 136 Å². The summed E-state index contributed by atoms with van der Waals surface area (Å²) in [4.78, 5) is 28.8. The Morgan fingerprint density at radius 1 is 1.13 bits per heavy atom. The van der Waals surface area contributed by atoms with Crippen molar-refractivity contribution >= 4 is 39.2 Å². The highest BCUT2D eigenvalue weighted by molar-refractivity contribution is 7.21. The fraction of sp³-hybridized carbons (Fsp3) is 0.357. The maximum atomic E-state index is 12.0. The predicted octanol–water partition coefficient (Wildman–Crippen LogP) is 1.74. The largest absolute Gasteiger partial charge is 0.465 e. The van der Waals surface area contributed by atoms with Crippen molar-refractivity contribution in [1.82, 2.24) is 4.98 Å². The summed E-state index contributed by atoms with van der Waals surface area (Å²) < 4.78 is 19.8. The van der Waals surface area contributed by atoms with Gasteiger partial charge in [0.25, 0.3) is 0 Å². The molecule has 0 atom stereocenters. The van der Waals surface area contributed by atoms with Gasteiger partial charge in [0.1, 0.15) is 15.4 Å². The zero-order chi connectivity index (χ0) is 17.1. The first kappa shape index (κ1) is 17.1. The second kappa shape index (κ2) is 6.90. The molecular weight excluding hydrogens is 324 g/mol. The molecule has 2 aromatic heterocycles. The van der Waals surface area contributed by atoms with Crippen molar-refractivity contribution in [2.24, 2.45) is 0 Å². The Kier molecular flexibility index (Phi) is 5.14. The van der Waals surface area contributed by atoms with Crippen molar-refractivity contribution in [2.75, 3.05) is 34.2 Å². The number of carbonyl (C=O) groups excluding carboxylic acids is 2. The molecule has 8 nitrogen and oxygen atoms in total. The zero-order valence-electron chi connectivity index (χ0n) is 13.0. The van der Waals surface area contributed by atoms with E-state index in [0.717, 1.165) is 11.3 Å². The Bertz CT molecular complexity index is 753.